The standard InChI is InChI=1S/C19H22FNO2/c1-4-21(5-2)23-19(22)14(3)16-11-12-17(18(20)13-16)15-9-7-6-8-10-15/h6-14H,4-5H2,1-3H3. The predicted octanol–water partition coefficient (Wildman–Crippen LogP) is 4.40. The first-order valence-corrected chi connectivity index (χ1v) is 7.88. The Morgan fingerprint density at radius 3 is 2.35 bits per heavy atom. The van der Waals surface area contributed by atoms with Crippen LogP contribution in [0.25, 0.3) is 11.1 Å². The molecular formula is C19H22FNO2. The van der Waals surface area contributed by atoms with Gasteiger partial charge in [0, 0.05) is 18.7 Å². The first-order chi connectivity index (χ1) is 11.1. The van der Waals surface area contributed by atoms with Gasteiger partial charge in [-0.05, 0) is 38.0 Å². The van der Waals surface area contributed by atoms with Gasteiger partial charge in [-0.3, -0.25) is 0 Å². The van der Waals surface area contributed by atoms with Gasteiger partial charge in [0.05, 0.1) is 5.92 Å². The maximum atomic E-state index is 14.4. The van der Waals surface area contributed by atoms with E-state index in [-0.39, 0.29) is 11.8 Å². The predicted molar refractivity (Wildman–Crippen MR) is 89.3 cm³/mol. The lowest BCUT2D eigenvalue weighted by Gasteiger charge is -2.20. The van der Waals surface area contributed by atoms with E-state index in [2.05, 4.69) is 0 Å². The summed E-state index contributed by atoms with van der Waals surface area (Å²) in [6.07, 6.45) is 0. The first-order valence-electron chi connectivity index (χ1n) is 7.88. The van der Waals surface area contributed by atoms with E-state index in [0.717, 1.165) is 5.56 Å². The lowest BCUT2D eigenvalue weighted by molar-refractivity contribution is -0.190. The Kier molecular flexibility index (Phi) is 5.88. The van der Waals surface area contributed by atoms with Crippen molar-refractivity contribution < 1.29 is 14.0 Å². The molecule has 0 saturated carbocycles. The fourth-order valence-corrected chi connectivity index (χ4v) is 2.35. The fourth-order valence-electron chi connectivity index (χ4n) is 2.35. The normalized spacial score (nSPS) is 12.2. The van der Waals surface area contributed by atoms with Crippen molar-refractivity contribution in [3.05, 3.63) is 59.9 Å². The molecular weight excluding hydrogens is 293 g/mol. The molecule has 4 heteroatoms. The highest BCUT2D eigenvalue weighted by atomic mass is 19.1. The summed E-state index contributed by atoms with van der Waals surface area (Å²) in [6, 6.07) is 14.2. The molecule has 0 fully saturated rings. The van der Waals surface area contributed by atoms with Crippen molar-refractivity contribution in [2.75, 3.05) is 13.1 Å². The lowest BCUT2D eigenvalue weighted by Crippen LogP contribution is -2.29. The largest absolute Gasteiger partial charge is 0.367 e. The third kappa shape index (κ3) is 4.17. The first kappa shape index (κ1) is 17.2. The summed E-state index contributed by atoms with van der Waals surface area (Å²) in [4.78, 5) is 17.4. The number of hydrogen-bond acceptors (Lipinski definition) is 3. The van der Waals surface area contributed by atoms with Crippen molar-refractivity contribution in [1.29, 1.82) is 0 Å². The summed E-state index contributed by atoms with van der Waals surface area (Å²) in [5.41, 5.74) is 1.95. The SMILES string of the molecule is CCN(CC)OC(=O)C(C)c1ccc(-c2ccccc2)c(F)c1. The summed E-state index contributed by atoms with van der Waals surface area (Å²) < 4.78 is 14.4. The maximum absolute atomic E-state index is 14.4. The number of carbonyl (C=O) groups is 1. The smallest absolute Gasteiger partial charge is 0.332 e. The minimum atomic E-state index is -0.519. The molecule has 0 radical (unpaired) electrons. The Bertz CT molecular complexity index is 654. The zero-order valence-electron chi connectivity index (χ0n) is 13.8. The molecule has 3 nitrogen and oxygen atoms in total. The van der Waals surface area contributed by atoms with Gasteiger partial charge >= 0.3 is 5.97 Å². The van der Waals surface area contributed by atoms with E-state index < -0.39 is 5.92 Å². The molecule has 122 valence electrons. The van der Waals surface area contributed by atoms with E-state index in [9.17, 15) is 9.18 Å². The highest BCUT2D eigenvalue weighted by molar-refractivity contribution is 5.78. The molecule has 23 heavy (non-hydrogen) atoms. The molecule has 2 rings (SSSR count). The molecule has 0 aliphatic carbocycles. The molecule has 0 N–H and O–H groups in total. The summed E-state index contributed by atoms with van der Waals surface area (Å²) in [5, 5.41) is 1.58. The Morgan fingerprint density at radius 2 is 1.78 bits per heavy atom. The molecule has 0 bridgehead atoms. The van der Waals surface area contributed by atoms with Crippen molar-refractivity contribution in [3.63, 3.8) is 0 Å². The van der Waals surface area contributed by atoms with Gasteiger partial charge in [0.15, 0.2) is 0 Å². The van der Waals surface area contributed by atoms with Crippen molar-refractivity contribution in [1.82, 2.24) is 5.06 Å². The second-order valence-electron chi connectivity index (χ2n) is 5.35. The molecule has 0 aliphatic heterocycles. The second kappa shape index (κ2) is 7.88. The van der Waals surface area contributed by atoms with E-state index >= 15 is 0 Å². The minimum Gasteiger partial charge on any atom is -0.367 e. The number of nitrogens with zero attached hydrogens (tertiary/aromatic N) is 1. The number of halogens is 1. The van der Waals surface area contributed by atoms with Crippen LogP contribution in [0.3, 0.4) is 0 Å². The Balaban J connectivity index is 2.18. The van der Waals surface area contributed by atoms with E-state index in [4.69, 9.17) is 4.84 Å². The van der Waals surface area contributed by atoms with Gasteiger partial charge in [-0.2, -0.15) is 0 Å². The van der Waals surface area contributed by atoms with Crippen molar-refractivity contribution in [2.24, 2.45) is 0 Å². The highest BCUT2D eigenvalue weighted by Gasteiger charge is 2.20. The van der Waals surface area contributed by atoms with Crippen LogP contribution < -0.4 is 0 Å². The zero-order chi connectivity index (χ0) is 16.8. The van der Waals surface area contributed by atoms with Gasteiger partial charge in [-0.25, -0.2) is 9.18 Å². The molecule has 0 spiro atoms. The van der Waals surface area contributed by atoms with Crippen molar-refractivity contribution >= 4 is 5.97 Å². The molecule has 1 atom stereocenters. The van der Waals surface area contributed by atoms with Gasteiger partial charge < -0.3 is 4.84 Å². The monoisotopic (exact) mass is 315 g/mol. The summed E-state index contributed by atoms with van der Waals surface area (Å²) in [7, 11) is 0. The third-order valence-corrected chi connectivity index (χ3v) is 3.86. The average Bonchev–Trinajstić information content (AvgIpc) is 2.59. The van der Waals surface area contributed by atoms with Gasteiger partial charge in [0.2, 0.25) is 0 Å². The van der Waals surface area contributed by atoms with Gasteiger partial charge in [0.1, 0.15) is 5.82 Å². The van der Waals surface area contributed by atoms with Gasteiger partial charge in [-0.15, -0.1) is 5.06 Å². The quantitative estimate of drug-likeness (QED) is 0.740. The van der Waals surface area contributed by atoms with Crippen LogP contribution in [-0.4, -0.2) is 24.1 Å². The van der Waals surface area contributed by atoms with E-state index in [1.807, 2.05) is 44.2 Å². The Morgan fingerprint density at radius 1 is 1.13 bits per heavy atom. The second-order valence-corrected chi connectivity index (χ2v) is 5.35. The van der Waals surface area contributed by atoms with Crippen LogP contribution in [0, 0.1) is 5.82 Å². The van der Waals surface area contributed by atoms with Crippen LogP contribution in [0.5, 0.6) is 0 Å². The maximum Gasteiger partial charge on any atom is 0.332 e. The molecule has 0 saturated heterocycles. The number of benzene rings is 2. The number of carbonyl (C=O) groups excluding carboxylic acids is 1. The van der Waals surface area contributed by atoms with Crippen molar-refractivity contribution in [2.45, 2.75) is 26.7 Å². The summed E-state index contributed by atoms with van der Waals surface area (Å²) in [5.74, 6) is -1.23. The highest BCUT2D eigenvalue weighted by Crippen LogP contribution is 2.26. The minimum absolute atomic E-state index is 0.337. The van der Waals surface area contributed by atoms with Crippen LogP contribution in [0.1, 0.15) is 32.3 Å². The van der Waals surface area contributed by atoms with Crippen LogP contribution in [0.15, 0.2) is 48.5 Å². The number of hydroxylamine groups is 2. The molecule has 2 aromatic carbocycles. The summed E-state index contributed by atoms with van der Waals surface area (Å²) in [6.45, 7) is 6.79. The number of rotatable bonds is 6. The van der Waals surface area contributed by atoms with Crippen LogP contribution >= 0.6 is 0 Å². The topological polar surface area (TPSA) is 29.5 Å². The van der Waals surface area contributed by atoms with Crippen molar-refractivity contribution in [3.8, 4) is 11.1 Å². The van der Waals surface area contributed by atoms with Gasteiger partial charge in [0.25, 0.3) is 0 Å². The fraction of sp³-hybridized carbons (Fsp3) is 0.316. The van der Waals surface area contributed by atoms with Crippen LogP contribution in [0.2, 0.25) is 0 Å². The molecule has 0 heterocycles. The Labute approximate surface area is 136 Å². The molecule has 1 unspecified atom stereocenters. The zero-order valence-corrected chi connectivity index (χ0v) is 13.8. The Hall–Kier alpha value is -2.20. The van der Waals surface area contributed by atoms with Gasteiger partial charge in [-0.1, -0.05) is 42.5 Å². The molecule has 0 aliphatic rings. The molecule has 2 aromatic rings. The van der Waals surface area contributed by atoms with E-state index in [0.29, 0.717) is 24.2 Å². The lowest BCUT2D eigenvalue weighted by atomic mass is 9.97. The van der Waals surface area contributed by atoms with Crippen LogP contribution in [0.4, 0.5) is 4.39 Å². The molecule has 0 aromatic heterocycles. The number of hydrogen-bond donors (Lipinski definition) is 0. The van der Waals surface area contributed by atoms with Crippen LogP contribution in [-0.2, 0) is 9.63 Å². The van der Waals surface area contributed by atoms with E-state index in [1.54, 1.807) is 24.1 Å². The molecule has 0 amide bonds. The third-order valence-electron chi connectivity index (χ3n) is 3.86. The average molecular weight is 315 g/mol. The van der Waals surface area contributed by atoms with E-state index in [1.165, 1.54) is 6.07 Å². The summed E-state index contributed by atoms with van der Waals surface area (Å²) >= 11 is 0.